The summed E-state index contributed by atoms with van der Waals surface area (Å²) >= 11 is 0. The van der Waals surface area contributed by atoms with Crippen molar-refractivity contribution in [2.24, 2.45) is 0 Å². The second-order valence-corrected chi connectivity index (χ2v) is 4.75. The second kappa shape index (κ2) is 5.36. The van der Waals surface area contributed by atoms with Crippen molar-refractivity contribution in [2.75, 3.05) is 18.6 Å². The molecule has 2 heterocycles. The molecule has 0 fully saturated rings. The average Bonchev–Trinajstić information content (AvgIpc) is 2.55. The van der Waals surface area contributed by atoms with E-state index >= 15 is 0 Å². The van der Waals surface area contributed by atoms with E-state index in [4.69, 9.17) is 4.74 Å². The Bertz CT molecular complexity index is 698. The van der Waals surface area contributed by atoms with E-state index in [9.17, 15) is 9.59 Å². The van der Waals surface area contributed by atoms with E-state index in [0.717, 1.165) is 0 Å². The first-order chi connectivity index (χ1) is 10.2. The molecule has 0 saturated heterocycles. The SMILES string of the molecule is COc1ccc2c(c1)N(C(=O)c1ccncc1)CCC2=O. The van der Waals surface area contributed by atoms with Gasteiger partial charge >= 0.3 is 0 Å². The summed E-state index contributed by atoms with van der Waals surface area (Å²) in [7, 11) is 1.56. The number of carbonyl (C=O) groups excluding carboxylic acids is 2. The Morgan fingerprint density at radius 2 is 2.00 bits per heavy atom. The molecule has 5 nitrogen and oxygen atoms in total. The smallest absolute Gasteiger partial charge is 0.258 e. The van der Waals surface area contributed by atoms with E-state index in [1.807, 2.05) is 0 Å². The third-order valence-corrected chi connectivity index (χ3v) is 3.53. The standard InChI is InChI=1S/C16H14N2O3/c1-21-12-2-3-13-14(10-12)18(9-6-15(13)19)16(20)11-4-7-17-8-5-11/h2-5,7-8,10H,6,9H2,1H3. The zero-order valence-electron chi connectivity index (χ0n) is 11.6. The molecule has 1 aliphatic rings. The van der Waals surface area contributed by atoms with Crippen LogP contribution in [0.1, 0.15) is 27.1 Å². The van der Waals surface area contributed by atoms with Crippen LogP contribution >= 0.6 is 0 Å². The van der Waals surface area contributed by atoms with Gasteiger partial charge in [0.05, 0.1) is 12.8 Å². The van der Waals surface area contributed by atoms with E-state index in [-0.39, 0.29) is 11.7 Å². The van der Waals surface area contributed by atoms with Crippen LogP contribution in [0.3, 0.4) is 0 Å². The molecule has 1 amide bonds. The van der Waals surface area contributed by atoms with Crippen LogP contribution in [-0.4, -0.2) is 30.3 Å². The van der Waals surface area contributed by atoms with Gasteiger partial charge in [0.25, 0.3) is 5.91 Å². The predicted octanol–water partition coefficient (Wildman–Crippen LogP) is 2.32. The fourth-order valence-electron chi connectivity index (χ4n) is 2.43. The van der Waals surface area contributed by atoms with Crippen LogP contribution < -0.4 is 9.64 Å². The Balaban J connectivity index is 2.04. The van der Waals surface area contributed by atoms with Gasteiger partial charge in [-0.05, 0) is 24.3 Å². The largest absolute Gasteiger partial charge is 0.497 e. The lowest BCUT2D eigenvalue weighted by molar-refractivity contribution is 0.0955. The lowest BCUT2D eigenvalue weighted by Gasteiger charge is -2.29. The summed E-state index contributed by atoms with van der Waals surface area (Å²) < 4.78 is 5.19. The van der Waals surface area contributed by atoms with Crippen LogP contribution in [0.15, 0.2) is 42.7 Å². The molecule has 0 aliphatic carbocycles. The number of ketones is 1. The molecule has 1 aromatic carbocycles. The number of methoxy groups -OCH3 is 1. The highest BCUT2D eigenvalue weighted by molar-refractivity contribution is 6.13. The number of fused-ring (bicyclic) bond motifs is 1. The molecule has 5 heteroatoms. The van der Waals surface area contributed by atoms with E-state index in [2.05, 4.69) is 4.98 Å². The molecule has 0 radical (unpaired) electrons. The molecular formula is C16H14N2O3. The molecule has 0 unspecified atom stereocenters. The van der Waals surface area contributed by atoms with E-state index < -0.39 is 0 Å². The van der Waals surface area contributed by atoms with Gasteiger partial charge < -0.3 is 9.64 Å². The van der Waals surface area contributed by atoms with Crippen molar-refractivity contribution in [3.8, 4) is 5.75 Å². The number of rotatable bonds is 2. The summed E-state index contributed by atoms with van der Waals surface area (Å²) in [5.74, 6) is 0.529. The van der Waals surface area contributed by atoms with Crippen molar-refractivity contribution in [1.82, 2.24) is 4.98 Å². The van der Waals surface area contributed by atoms with E-state index in [1.54, 1.807) is 54.7 Å². The van der Waals surface area contributed by atoms with Gasteiger partial charge in [0.1, 0.15) is 5.75 Å². The Kier molecular flexibility index (Phi) is 3.39. The highest BCUT2D eigenvalue weighted by Gasteiger charge is 2.28. The monoisotopic (exact) mass is 282 g/mol. The Labute approximate surface area is 122 Å². The van der Waals surface area contributed by atoms with Crippen molar-refractivity contribution in [1.29, 1.82) is 0 Å². The first-order valence-corrected chi connectivity index (χ1v) is 6.64. The minimum Gasteiger partial charge on any atom is -0.497 e. The number of carbonyl (C=O) groups is 2. The van der Waals surface area contributed by atoms with E-state index in [0.29, 0.717) is 35.5 Å². The van der Waals surface area contributed by atoms with Gasteiger partial charge in [0.15, 0.2) is 5.78 Å². The zero-order valence-corrected chi connectivity index (χ0v) is 11.6. The van der Waals surface area contributed by atoms with Crippen LogP contribution in [0.2, 0.25) is 0 Å². The number of amides is 1. The van der Waals surface area contributed by atoms with Crippen molar-refractivity contribution in [2.45, 2.75) is 6.42 Å². The topological polar surface area (TPSA) is 59.5 Å². The Hall–Kier alpha value is -2.69. The molecule has 3 rings (SSSR count). The molecule has 106 valence electrons. The van der Waals surface area contributed by atoms with Gasteiger partial charge in [-0.15, -0.1) is 0 Å². The third kappa shape index (κ3) is 2.38. The summed E-state index contributed by atoms with van der Waals surface area (Å²) in [4.78, 5) is 30.1. The first-order valence-electron chi connectivity index (χ1n) is 6.64. The molecule has 0 spiro atoms. The van der Waals surface area contributed by atoms with Gasteiger partial charge in [-0.1, -0.05) is 0 Å². The van der Waals surface area contributed by atoms with Crippen molar-refractivity contribution in [3.63, 3.8) is 0 Å². The summed E-state index contributed by atoms with van der Waals surface area (Å²) in [6.45, 7) is 0.375. The van der Waals surface area contributed by atoms with Gasteiger partial charge in [-0.3, -0.25) is 14.6 Å². The van der Waals surface area contributed by atoms with Gasteiger partial charge in [0, 0.05) is 42.6 Å². The summed E-state index contributed by atoms with van der Waals surface area (Å²) in [5, 5.41) is 0. The fraction of sp³-hybridized carbons (Fsp3) is 0.188. The van der Waals surface area contributed by atoms with Crippen LogP contribution in [0.5, 0.6) is 5.75 Å². The summed E-state index contributed by atoms with van der Waals surface area (Å²) in [6.07, 6.45) is 3.49. The lowest BCUT2D eigenvalue weighted by atomic mass is 9.99. The number of hydrogen-bond acceptors (Lipinski definition) is 4. The predicted molar refractivity (Wildman–Crippen MR) is 77.9 cm³/mol. The molecule has 0 N–H and O–H groups in total. The first kappa shape index (κ1) is 13.3. The summed E-state index contributed by atoms with van der Waals surface area (Å²) in [5.41, 5.74) is 1.71. The number of aromatic nitrogens is 1. The molecule has 2 aromatic rings. The minimum absolute atomic E-state index is 0.0476. The fourth-order valence-corrected chi connectivity index (χ4v) is 2.43. The Morgan fingerprint density at radius 3 is 2.71 bits per heavy atom. The molecule has 0 bridgehead atoms. The molecule has 0 atom stereocenters. The number of hydrogen-bond donors (Lipinski definition) is 0. The van der Waals surface area contributed by atoms with Crippen molar-refractivity contribution >= 4 is 17.4 Å². The number of benzene rings is 1. The number of pyridine rings is 1. The number of ether oxygens (including phenoxy) is 1. The van der Waals surface area contributed by atoms with Gasteiger partial charge in [-0.25, -0.2) is 0 Å². The van der Waals surface area contributed by atoms with Crippen LogP contribution in [-0.2, 0) is 0 Å². The average molecular weight is 282 g/mol. The molecule has 1 aromatic heterocycles. The van der Waals surface area contributed by atoms with Crippen LogP contribution in [0.4, 0.5) is 5.69 Å². The molecule has 21 heavy (non-hydrogen) atoms. The van der Waals surface area contributed by atoms with Gasteiger partial charge in [-0.2, -0.15) is 0 Å². The van der Waals surface area contributed by atoms with Gasteiger partial charge in [0.2, 0.25) is 0 Å². The Morgan fingerprint density at radius 1 is 1.24 bits per heavy atom. The minimum atomic E-state index is -0.139. The van der Waals surface area contributed by atoms with Crippen LogP contribution in [0, 0.1) is 0 Å². The van der Waals surface area contributed by atoms with Crippen molar-refractivity contribution in [3.05, 3.63) is 53.9 Å². The summed E-state index contributed by atoms with van der Waals surface area (Å²) in [6, 6.07) is 8.50. The quantitative estimate of drug-likeness (QED) is 0.848. The number of Topliss-reactive ketones (excluding diaryl/α,β-unsaturated/α-hetero) is 1. The van der Waals surface area contributed by atoms with E-state index in [1.165, 1.54) is 0 Å². The number of anilines is 1. The zero-order chi connectivity index (χ0) is 14.8. The molecule has 1 aliphatic heterocycles. The highest BCUT2D eigenvalue weighted by atomic mass is 16.5. The maximum atomic E-state index is 12.6. The highest BCUT2D eigenvalue weighted by Crippen LogP contribution is 2.31. The molecular weight excluding hydrogens is 268 g/mol. The normalized spacial score (nSPS) is 13.8. The third-order valence-electron chi connectivity index (χ3n) is 3.53. The number of nitrogens with zero attached hydrogens (tertiary/aromatic N) is 2. The maximum absolute atomic E-state index is 12.6. The second-order valence-electron chi connectivity index (χ2n) is 4.75. The molecule has 0 saturated carbocycles. The lowest BCUT2D eigenvalue weighted by Crippen LogP contribution is -2.37. The van der Waals surface area contributed by atoms with Crippen molar-refractivity contribution < 1.29 is 14.3 Å². The maximum Gasteiger partial charge on any atom is 0.258 e. The van der Waals surface area contributed by atoms with Crippen LogP contribution in [0.25, 0.3) is 0 Å².